The van der Waals surface area contributed by atoms with Gasteiger partial charge in [-0.25, -0.2) is 27.3 Å². The van der Waals surface area contributed by atoms with E-state index >= 15 is 0 Å². The van der Waals surface area contributed by atoms with Crippen LogP contribution in [-0.4, -0.2) is 44.9 Å². The number of nitrogens with one attached hydrogen (secondary N) is 1. The average molecular weight is 398 g/mol. The van der Waals surface area contributed by atoms with E-state index in [1.165, 1.54) is 36.4 Å². The molecule has 1 N–H and O–H groups in total. The maximum atomic E-state index is 12.8. The first kappa shape index (κ1) is 20.1. The first-order valence-corrected chi connectivity index (χ1v) is 9.09. The molecule has 0 aliphatic rings. The van der Waals surface area contributed by atoms with E-state index in [1.54, 1.807) is 0 Å². The van der Waals surface area contributed by atoms with Gasteiger partial charge in [0, 0.05) is 12.3 Å². The number of amides is 1. The molecule has 0 fully saturated rings. The molecule has 1 amide bonds. The van der Waals surface area contributed by atoms with E-state index in [4.69, 9.17) is 4.74 Å². The van der Waals surface area contributed by atoms with Crippen molar-refractivity contribution in [2.45, 2.75) is 0 Å². The zero-order valence-electron chi connectivity index (χ0n) is 14.0. The Morgan fingerprint density at radius 2 is 1.85 bits per heavy atom. The van der Waals surface area contributed by atoms with Crippen molar-refractivity contribution in [1.29, 1.82) is 0 Å². The lowest BCUT2D eigenvalue weighted by atomic mass is 10.3. The number of hydrogen-bond acceptors (Lipinski definition) is 8. The van der Waals surface area contributed by atoms with Crippen LogP contribution in [0.2, 0.25) is 0 Å². The molecule has 2 rings (SSSR count). The second-order valence-electron chi connectivity index (χ2n) is 4.99. The van der Waals surface area contributed by atoms with Crippen LogP contribution >= 0.6 is 0 Å². The maximum Gasteiger partial charge on any atom is 0.514 e. The molecule has 144 valence electrons. The number of pyridine rings is 1. The highest BCUT2D eigenvalue weighted by atomic mass is 32.2. The summed E-state index contributed by atoms with van der Waals surface area (Å²) in [7, 11) is -2.85. The fourth-order valence-electron chi connectivity index (χ4n) is 1.75. The first-order chi connectivity index (χ1) is 12.8. The number of nitrogens with zero attached hydrogens (tertiary/aromatic N) is 1. The van der Waals surface area contributed by atoms with Gasteiger partial charge >= 0.3 is 6.16 Å². The number of methoxy groups -OCH3 is 1. The van der Waals surface area contributed by atoms with Crippen molar-refractivity contribution in [3.8, 4) is 11.6 Å². The van der Waals surface area contributed by atoms with Gasteiger partial charge in [-0.05, 0) is 30.3 Å². The minimum atomic E-state index is -3.97. The summed E-state index contributed by atoms with van der Waals surface area (Å²) in [4.78, 5) is 26.6. The van der Waals surface area contributed by atoms with Crippen molar-refractivity contribution in [3.63, 3.8) is 0 Å². The third kappa shape index (κ3) is 6.55. The molecule has 2 aromatic rings. The van der Waals surface area contributed by atoms with E-state index in [-0.39, 0.29) is 18.1 Å². The first-order valence-electron chi connectivity index (χ1n) is 7.44. The van der Waals surface area contributed by atoms with Gasteiger partial charge in [0.15, 0.2) is 0 Å². The molecular formula is C16H15FN2O7S. The fourth-order valence-corrected chi connectivity index (χ4v) is 2.56. The summed E-state index contributed by atoms with van der Waals surface area (Å²) in [6, 6.07) is 7.48. The third-order valence-electron chi connectivity index (χ3n) is 3.04. The minimum Gasteiger partial charge on any atom is -0.492 e. The fraction of sp³-hybridized carbons (Fsp3) is 0.188. The molecule has 0 atom stereocenters. The molecule has 0 aliphatic carbocycles. The number of sulfonamides is 1. The van der Waals surface area contributed by atoms with Crippen LogP contribution in [0.1, 0.15) is 10.4 Å². The van der Waals surface area contributed by atoms with Crippen molar-refractivity contribution in [2.75, 3.05) is 19.5 Å². The molecule has 1 aromatic heterocycles. The number of halogens is 1. The van der Waals surface area contributed by atoms with Gasteiger partial charge in [-0.1, -0.05) is 0 Å². The molecule has 0 unspecified atom stereocenters. The van der Waals surface area contributed by atoms with E-state index in [1.807, 2.05) is 4.72 Å². The van der Waals surface area contributed by atoms with Gasteiger partial charge in [-0.15, -0.1) is 0 Å². The number of hydrogen-bond donors (Lipinski definition) is 1. The van der Waals surface area contributed by atoms with E-state index in [9.17, 15) is 22.4 Å². The normalized spacial score (nSPS) is 10.7. The molecule has 1 heterocycles. The Labute approximate surface area is 154 Å². The summed E-state index contributed by atoms with van der Waals surface area (Å²) in [6.07, 6.45) is 0.0569. The van der Waals surface area contributed by atoms with Crippen LogP contribution < -0.4 is 14.2 Å². The van der Waals surface area contributed by atoms with Gasteiger partial charge in [0.25, 0.3) is 5.91 Å². The Hall–Kier alpha value is -3.21. The number of aromatic nitrogens is 1. The number of ether oxygens (including phenoxy) is 3. The molecule has 0 radical (unpaired) electrons. The highest BCUT2D eigenvalue weighted by Crippen LogP contribution is 2.11. The van der Waals surface area contributed by atoms with Crippen molar-refractivity contribution < 1.29 is 36.6 Å². The average Bonchev–Trinajstić information content (AvgIpc) is 2.63. The summed E-state index contributed by atoms with van der Waals surface area (Å²) in [5.74, 6) is -1.67. The van der Waals surface area contributed by atoms with Crippen molar-refractivity contribution in [3.05, 3.63) is 54.0 Å². The Bertz CT molecular complexity index is 899. The highest BCUT2D eigenvalue weighted by molar-refractivity contribution is 7.90. The van der Waals surface area contributed by atoms with Gasteiger partial charge in [-0.3, -0.25) is 4.79 Å². The number of carbonyl (C=O) groups excluding carboxylic acids is 2. The standard InChI is InChI=1S/C16H15FN2O7S/c1-24-16(21)26-14-7-2-11(10-18-14)15(20)19-27(22,23)9-8-25-13-5-3-12(17)4-6-13/h2-7,10H,8-9H2,1H3,(H,19,20). The molecule has 1 aromatic carbocycles. The zero-order chi connectivity index (χ0) is 19.9. The molecule has 0 spiro atoms. The van der Waals surface area contributed by atoms with Crippen molar-refractivity contribution in [1.82, 2.24) is 9.71 Å². The Balaban J connectivity index is 1.87. The summed E-state index contributed by atoms with van der Waals surface area (Å²) >= 11 is 0. The van der Waals surface area contributed by atoms with Crippen LogP contribution in [0.15, 0.2) is 42.6 Å². The van der Waals surface area contributed by atoms with Gasteiger partial charge in [0.1, 0.15) is 23.9 Å². The Kier molecular flexibility index (Phi) is 6.66. The summed E-state index contributed by atoms with van der Waals surface area (Å²) in [5, 5.41) is 0. The molecule has 0 aliphatic heterocycles. The van der Waals surface area contributed by atoms with Gasteiger partial charge in [0.05, 0.1) is 12.7 Å². The van der Waals surface area contributed by atoms with E-state index in [0.717, 1.165) is 13.3 Å². The van der Waals surface area contributed by atoms with E-state index < -0.39 is 33.7 Å². The van der Waals surface area contributed by atoms with Crippen LogP contribution in [0.5, 0.6) is 11.6 Å². The van der Waals surface area contributed by atoms with Gasteiger partial charge < -0.3 is 14.2 Å². The SMILES string of the molecule is COC(=O)Oc1ccc(C(=O)NS(=O)(=O)CCOc2ccc(F)cc2)cn1. The maximum absolute atomic E-state index is 12.8. The predicted octanol–water partition coefficient (Wildman–Crippen LogP) is 1.50. The third-order valence-corrected chi connectivity index (χ3v) is 4.24. The van der Waals surface area contributed by atoms with Crippen LogP contribution in [0, 0.1) is 5.82 Å². The van der Waals surface area contributed by atoms with E-state index in [2.05, 4.69) is 14.5 Å². The van der Waals surface area contributed by atoms with Crippen LogP contribution in [0.4, 0.5) is 9.18 Å². The minimum absolute atomic E-state index is 0.0600. The number of benzene rings is 1. The zero-order valence-corrected chi connectivity index (χ0v) is 14.9. The Morgan fingerprint density at radius 3 is 2.44 bits per heavy atom. The van der Waals surface area contributed by atoms with Crippen molar-refractivity contribution >= 4 is 22.1 Å². The van der Waals surface area contributed by atoms with Crippen molar-refractivity contribution in [2.24, 2.45) is 0 Å². The van der Waals surface area contributed by atoms with Gasteiger partial charge in [0.2, 0.25) is 15.9 Å². The summed E-state index contributed by atoms with van der Waals surface area (Å²) < 4.78 is 52.6. The second kappa shape index (κ2) is 8.94. The molecule has 27 heavy (non-hydrogen) atoms. The highest BCUT2D eigenvalue weighted by Gasteiger charge is 2.17. The largest absolute Gasteiger partial charge is 0.514 e. The lowest BCUT2D eigenvalue weighted by molar-refractivity contribution is 0.0981. The second-order valence-corrected chi connectivity index (χ2v) is 6.84. The molecule has 0 saturated heterocycles. The summed E-state index contributed by atoms with van der Waals surface area (Å²) in [6.45, 7) is -0.238. The molecule has 11 heteroatoms. The summed E-state index contributed by atoms with van der Waals surface area (Å²) in [5.41, 5.74) is -0.0600. The molecule has 0 saturated carbocycles. The van der Waals surface area contributed by atoms with Crippen LogP contribution in [0.25, 0.3) is 0 Å². The van der Waals surface area contributed by atoms with Crippen LogP contribution in [-0.2, 0) is 14.8 Å². The predicted molar refractivity (Wildman–Crippen MR) is 90.4 cm³/mol. The molecule has 9 nitrogen and oxygen atoms in total. The van der Waals surface area contributed by atoms with Gasteiger partial charge in [-0.2, -0.15) is 0 Å². The lowest BCUT2D eigenvalue weighted by Crippen LogP contribution is -2.34. The lowest BCUT2D eigenvalue weighted by Gasteiger charge is -2.09. The quantitative estimate of drug-likeness (QED) is 0.697. The van der Waals surface area contributed by atoms with E-state index in [0.29, 0.717) is 5.75 Å². The number of carbonyl (C=O) groups is 2. The van der Waals surface area contributed by atoms with Crippen LogP contribution in [0.3, 0.4) is 0 Å². The monoisotopic (exact) mass is 398 g/mol. The topological polar surface area (TPSA) is 121 Å². The number of rotatable bonds is 7. The molecule has 0 bridgehead atoms. The molecular weight excluding hydrogens is 383 g/mol. The smallest absolute Gasteiger partial charge is 0.492 e. The Morgan fingerprint density at radius 1 is 1.15 bits per heavy atom.